The Kier molecular flexibility index (Phi) is 2.49. The summed E-state index contributed by atoms with van der Waals surface area (Å²) in [5.41, 5.74) is 1.96. The fourth-order valence-corrected chi connectivity index (χ4v) is 5.50. The van der Waals surface area contributed by atoms with Crippen LogP contribution in [0.5, 0.6) is 0 Å². The predicted molar refractivity (Wildman–Crippen MR) is 72.5 cm³/mol. The number of rotatable bonds is 2. The van der Waals surface area contributed by atoms with E-state index in [-0.39, 0.29) is 22.1 Å². The molecule has 4 saturated carbocycles. The second-order valence-electron chi connectivity index (χ2n) is 6.90. The van der Waals surface area contributed by atoms with E-state index >= 15 is 0 Å². The number of nitrogens with one attached hydrogen (secondary N) is 1. The van der Waals surface area contributed by atoms with E-state index in [1.807, 2.05) is 4.68 Å². The number of aromatic nitrogens is 3. The Labute approximate surface area is 122 Å². The van der Waals surface area contributed by atoms with E-state index in [0.717, 1.165) is 32.1 Å². The molecule has 0 radical (unpaired) electrons. The van der Waals surface area contributed by atoms with Gasteiger partial charge >= 0.3 is 0 Å². The van der Waals surface area contributed by atoms with Gasteiger partial charge in [-0.1, -0.05) is 0 Å². The first-order valence-electron chi connectivity index (χ1n) is 7.14. The minimum atomic E-state index is -0.322. The van der Waals surface area contributed by atoms with Crippen LogP contribution >= 0.6 is 11.6 Å². The molecule has 2 unspecified atom stereocenters. The second-order valence-corrected chi connectivity index (χ2v) is 7.24. The number of nitrogens with zero attached hydrogens (tertiary/aromatic N) is 3. The molecule has 0 aliphatic heterocycles. The van der Waals surface area contributed by atoms with Crippen molar-refractivity contribution in [3.05, 3.63) is 11.6 Å². The molecule has 1 amide bonds. The van der Waals surface area contributed by atoms with Crippen molar-refractivity contribution in [3.8, 4) is 0 Å². The van der Waals surface area contributed by atoms with E-state index in [1.54, 1.807) is 6.33 Å². The van der Waals surface area contributed by atoms with Crippen molar-refractivity contribution in [2.75, 3.05) is 0 Å². The second kappa shape index (κ2) is 3.95. The van der Waals surface area contributed by atoms with Crippen LogP contribution in [0.25, 0.3) is 0 Å². The van der Waals surface area contributed by atoms with Crippen LogP contribution in [-0.4, -0.2) is 20.7 Å². The van der Waals surface area contributed by atoms with Crippen molar-refractivity contribution >= 4 is 17.5 Å². The summed E-state index contributed by atoms with van der Waals surface area (Å²) in [6.07, 6.45) is 7.79. The van der Waals surface area contributed by atoms with Gasteiger partial charge in [0.05, 0.1) is 11.0 Å². The van der Waals surface area contributed by atoms with Crippen LogP contribution in [0.15, 0.2) is 6.33 Å². The molecule has 4 aliphatic carbocycles. The summed E-state index contributed by atoms with van der Waals surface area (Å²) in [6, 6.07) is 0. The van der Waals surface area contributed by atoms with Gasteiger partial charge in [-0.25, -0.2) is 15.5 Å². The van der Waals surface area contributed by atoms with E-state index in [9.17, 15) is 4.79 Å². The van der Waals surface area contributed by atoms with E-state index in [0.29, 0.717) is 11.8 Å². The highest BCUT2D eigenvalue weighted by Crippen LogP contribution is 2.64. The number of carbonyl (C=O) groups is 1. The van der Waals surface area contributed by atoms with Crippen molar-refractivity contribution in [1.82, 2.24) is 20.2 Å². The number of amides is 1. The van der Waals surface area contributed by atoms with Crippen LogP contribution in [0.3, 0.4) is 0 Å². The number of carbonyl (C=O) groups excluding carboxylic acids is 1. The fraction of sp³-hybridized carbons (Fsp3) is 0.769. The molecule has 108 valence electrons. The number of hydrogen-bond acceptors (Lipinski definition) is 4. The summed E-state index contributed by atoms with van der Waals surface area (Å²) in [7, 11) is 0. The lowest BCUT2D eigenvalue weighted by molar-refractivity contribution is -0.156. The van der Waals surface area contributed by atoms with Crippen molar-refractivity contribution in [2.24, 2.45) is 23.1 Å². The lowest BCUT2D eigenvalue weighted by Crippen LogP contribution is -2.61. The van der Waals surface area contributed by atoms with E-state index < -0.39 is 0 Å². The standard InChI is InChI=1S/C13H18ClN5O/c14-11-16-7-19(18-11)13-4-8-1-9(5-13)3-12(2-8,6-13)10(20)17-15/h7-9H,1-6,15H2,(H,17,20)/t8-,9+,12?,13?. The maximum absolute atomic E-state index is 12.3. The highest BCUT2D eigenvalue weighted by atomic mass is 35.5. The molecule has 4 atom stereocenters. The Bertz CT molecular complexity index is 557. The van der Waals surface area contributed by atoms with E-state index in [4.69, 9.17) is 17.4 Å². The first kappa shape index (κ1) is 12.6. The molecule has 6 nitrogen and oxygen atoms in total. The van der Waals surface area contributed by atoms with Crippen molar-refractivity contribution < 1.29 is 4.79 Å². The zero-order chi connectivity index (χ0) is 14.0. The number of hydrazine groups is 1. The summed E-state index contributed by atoms with van der Waals surface area (Å²) < 4.78 is 1.91. The molecule has 0 saturated heterocycles. The topological polar surface area (TPSA) is 85.8 Å². The Balaban J connectivity index is 1.77. The third-order valence-corrected chi connectivity index (χ3v) is 5.77. The van der Waals surface area contributed by atoms with E-state index in [1.165, 1.54) is 6.42 Å². The minimum Gasteiger partial charge on any atom is -0.294 e. The van der Waals surface area contributed by atoms with Crippen LogP contribution in [0.4, 0.5) is 0 Å². The monoisotopic (exact) mass is 295 g/mol. The third kappa shape index (κ3) is 1.58. The van der Waals surface area contributed by atoms with Crippen molar-refractivity contribution in [2.45, 2.75) is 44.1 Å². The largest absolute Gasteiger partial charge is 0.294 e. The van der Waals surface area contributed by atoms with Gasteiger partial charge in [-0.15, -0.1) is 5.10 Å². The molecule has 20 heavy (non-hydrogen) atoms. The van der Waals surface area contributed by atoms with Gasteiger partial charge in [0.15, 0.2) is 0 Å². The highest BCUT2D eigenvalue weighted by molar-refractivity contribution is 6.28. The van der Waals surface area contributed by atoms with Crippen LogP contribution < -0.4 is 11.3 Å². The summed E-state index contributed by atoms with van der Waals surface area (Å²) in [5.74, 6) is 6.57. The number of nitrogens with two attached hydrogens (primary N) is 1. The summed E-state index contributed by atoms with van der Waals surface area (Å²) in [4.78, 5) is 16.4. The molecule has 0 aromatic carbocycles. The quantitative estimate of drug-likeness (QED) is 0.488. The normalized spacial score (nSPS) is 41.9. The first-order chi connectivity index (χ1) is 9.55. The summed E-state index contributed by atoms with van der Waals surface area (Å²) in [5, 5.41) is 4.60. The summed E-state index contributed by atoms with van der Waals surface area (Å²) >= 11 is 5.88. The molecule has 4 bridgehead atoms. The molecule has 5 rings (SSSR count). The van der Waals surface area contributed by atoms with Crippen LogP contribution in [0.1, 0.15) is 38.5 Å². The highest BCUT2D eigenvalue weighted by Gasteiger charge is 2.61. The van der Waals surface area contributed by atoms with Crippen LogP contribution in [0.2, 0.25) is 5.28 Å². The smallest absolute Gasteiger partial charge is 0.242 e. The molecular formula is C13H18ClN5O. The van der Waals surface area contributed by atoms with Gasteiger partial charge in [0.2, 0.25) is 11.2 Å². The molecule has 0 spiro atoms. The van der Waals surface area contributed by atoms with Gasteiger partial charge in [0.25, 0.3) is 0 Å². The predicted octanol–water partition coefficient (Wildman–Crippen LogP) is 1.22. The Morgan fingerprint density at radius 3 is 2.65 bits per heavy atom. The average molecular weight is 296 g/mol. The lowest BCUT2D eigenvalue weighted by Gasteiger charge is -2.60. The number of halogens is 1. The van der Waals surface area contributed by atoms with Gasteiger partial charge in [-0.3, -0.25) is 10.2 Å². The third-order valence-electron chi connectivity index (χ3n) is 5.59. The Morgan fingerprint density at radius 2 is 2.10 bits per heavy atom. The van der Waals surface area contributed by atoms with Crippen molar-refractivity contribution in [1.29, 1.82) is 0 Å². The van der Waals surface area contributed by atoms with Crippen molar-refractivity contribution in [3.63, 3.8) is 0 Å². The molecule has 4 aliphatic rings. The van der Waals surface area contributed by atoms with Gasteiger partial charge < -0.3 is 0 Å². The molecule has 1 aromatic rings. The van der Waals surface area contributed by atoms with Crippen LogP contribution in [-0.2, 0) is 10.3 Å². The molecule has 7 heteroatoms. The SMILES string of the molecule is NNC(=O)C12C[C@H]3C[C@@H](C1)CC(n1cnc(Cl)n1)(C3)C2. The van der Waals surface area contributed by atoms with Gasteiger partial charge in [0.1, 0.15) is 6.33 Å². The van der Waals surface area contributed by atoms with Crippen LogP contribution in [0, 0.1) is 17.3 Å². The zero-order valence-electron chi connectivity index (χ0n) is 11.2. The summed E-state index contributed by atoms with van der Waals surface area (Å²) in [6.45, 7) is 0. The average Bonchev–Trinajstić information content (AvgIpc) is 2.84. The Morgan fingerprint density at radius 1 is 1.40 bits per heavy atom. The zero-order valence-corrected chi connectivity index (χ0v) is 11.9. The molecular weight excluding hydrogens is 278 g/mol. The number of hydrogen-bond donors (Lipinski definition) is 2. The fourth-order valence-electron chi connectivity index (χ4n) is 5.37. The van der Waals surface area contributed by atoms with Gasteiger partial charge in [0, 0.05) is 0 Å². The maximum Gasteiger partial charge on any atom is 0.242 e. The van der Waals surface area contributed by atoms with Gasteiger partial charge in [-0.05, 0) is 62.0 Å². The maximum atomic E-state index is 12.3. The van der Waals surface area contributed by atoms with E-state index in [2.05, 4.69) is 15.5 Å². The minimum absolute atomic E-state index is 0.0119. The van der Waals surface area contributed by atoms with Gasteiger partial charge in [-0.2, -0.15) is 0 Å². The lowest BCUT2D eigenvalue weighted by atomic mass is 9.46. The Hall–Kier alpha value is -1.14. The molecule has 1 aromatic heterocycles. The molecule has 3 N–H and O–H groups in total. The first-order valence-corrected chi connectivity index (χ1v) is 7.52. The molecule has 1 heterocycles. The molecule has 4 fully saturated rings.